The maximum atomic E-state index is 11.6. The van der Waals surface area contributed by atoms with Gasteiger partial charge in [0.05, 0.1) is 12.2 Å². The monoisotopic (exact) mass is 418 g/mol. The minimum atomic E-state index is -0.793. The van der Waals surface area contributed by atoms with Crippen molar-refractivity contribution in [2.45, 2.75) is 71.8 Å². The summed E-state index contributed by atoms with van der Waals surface area (Å²) in [7, 11) is 0. The van der Waals surface area contributed by atoms with Crippen LogP contribution in [0.25, 0.3) is 0 Å². The third-order valence-electron chi connectivity index (χ3n) is 4.79. The van der Waals surface area contributed by atoms with Gasteiger partial charge in [-0.1, -0.05) is 13.3 Å². The zero-order chi connectivity index (χ0) is 21.9. The molecule has 0 bridgehead atoms. The van der Waals surface area contributed by atoms with Gasteiger partial charge in [-0.3, -0.25) is 9.59 Å². The molecule has 0 aliphatic carbocycles. The largest absolute Gasteiger partial charge is 0.507 e. The first kappa shape index (κ1) is 23.3. The Morgan fingerprint density at radius 1 is 1.13 bits per heavy atom. The van der Waals surface area contributed by atoms with Crippen molar-refractivity contribution in [2.75, 3.05) is 6.61 Å². The maximum absolute atomic E-state index is 11.6. The number of Topliss-reactive ketones (excluding diaryl/α,β-unsaturated/α-hetero) is 1. The van der Waals surface area contributed by atoms with E-state index in [9.17, 15) is 14.7 Å². The molecule has 0 aliphatic rings. The third-order valence-corrected chi connectivity index (χ3v) is 4.79. The molecular formula is C21H30N4O5. The molecule has 0 atom stereocenters. The Morgan fingerprint density at radius 3 is 2.63 bits per heavy atom. The second-order valence-electron chi connectivity index (χ2n) is 7.22. The molecule has 1 aromatic carbocycles. The van der Waals surface area contributed by atoms with Crippen molar-refractivity contribution in [2.24, 2.45) is 0 Å². The minimum Gasteiger partial charge on any atom is -0.507 e. The molecule has 2 aromatic rings. The van der Waals surface area contributed by atoms with Crippen molar-refractivity contribution in [3.05, 3.63) is 29.1 Å². The lowest BCUT2D eigenvalue weighted by Crippen LogP contribution is -2.08. The molecule has 0 aliphatic heterocycles. The highest BCUT2D eigenvalue weighted by molar-refractivity contribution is 5.97. The summed E-state index contributed by atoms with van der Waals surface area (Å²) in [6, 6.07) is 3.35. The van der Waals surface area contributed by atoms with E-state index in [0.717, 1.165) is 25.1 Å². The molecule has 0 radical (unpaired) electrons. The number of aromatic hydroxyl groups is 1. The molecule has 30 heavy (non-hydrogen) atoms. The first-order valence-electron chi connectivity index (χ1n) is 10.4. The molecule has 0 unspecified atom stereocenters. The van der Waals surface area contributed by atoms with Gasteiger partial charge in [0.2, 0.25) is 0 Å². The second kappa shape index (κ2) is 11.9. The average Bonchev–Trinajstić information content (AvgIpc) is 3.14. The highest BCUT2D eigenvalue weighted by Gasteiger charge is 2.16. The fraction of sp³-hybridized carbons (Fsp3) is 0.571. The topological polar surface area (TPSA) is 127 Å². The number of hydrogen-bond donors (Lipinski definition) is 2. The number of carboxylic acid groups (broad SMARTS) is 1. The van der Waals surface area contributed by atoms with E-state index in [0.29, 0.717) is 55.7 Å². The number of ketones is 1. The smallest absolute Gasteiger partial charge is 0.303 e. The number of nitrogens with zero attached hydrogens (tertiary/aromatic N) is 4. The molecular weight excluding hydrogens is 388 g/mol. The fourth-order valence-corrected chi connectivity index (χ4v) is 3.21. The van der Waals surface area contributed by atoms with E-state index in [-0.39, 0.29) is 18.0 Å². The molecule has 1 aromatic heterocycles. The van der Waals surface area contributed by atoms with E-state index in [1.54, 1.807) is 16.8 Å². The lowest BCUT2D eigenvalue weighted by molar-refractivity contribution is -0.137. The van der Waals surface area contributed by atoms with E-state index >= 15 is 0 Å². The lowest BCUT2D eigenvalue weighted by Gasteiger charge is -2.14. The predicted molar refractivity (Wildman–Crippen MR) is 110 cm³/mol. The van der Waals surface area contributed by atoms with Crippen LogP contribution in [0.1, 0.15) is 74.1 Å². The summed E-state index contributed by atoms with van der Waals surface area (Å²) in [6.07, 6.45) is 5.25. The molecule has 0 fully saturated rings. The van der Waals surface area contributed by atoms with Gasteiger partial charge in [0.1, 0.15) is 11.5 Å². The first-order chi connectivity index (χ1) is 14.4. The van der Waals surface area contributed by atoms with E-state index in [4.69, 9.17) is 9.84 Å². The third kappa shape index (κ3) is 6.82. The highest BCUT2D eigenvalue weighted by atomic mass is 16.5. The molecule has 0 spiro atoms. The number of carbonyl (C=O) groups excluding carboxylic acids is 1. The van der Waals surface area contributed by atoms with Gasteiger partial charge in [-0.05, 0) is 61.6 Å². The lowest BCUT2D eigenvalue weighted by atomic mass is 10.0. The number of hydrogen-bond acceptors (Lipinski definition) is 7. The SMILES string of the molecule is CCCc1c(OCCCCc2nnnn2CCCCC(=O)O)ccc(C(C)=O)c1O. The number of aromatic nitrogens is 4. The van der Waals surface area contributed by atoms with Crippen molar-refractivity contribution < 1.29 is 24.5 Å². The van der Waals surface area contributed by atoms with Gasteiger partial charge in [0.25, 0.3) is 0 Å². The quantitative estimate of drug-likeness (QED) is 0.354. The Hall–Kier alpha value is -2.97. The van der Waals surface area contributed by atoms with E-state index < -0.39 is 5.97 Å². The number of rotatable bonds is 14. The summed E-state index contributed by atoms with van der Waals surface area (Å²) in [5.41, 5.74) is 0.997. The molecule has 9 heteroatoms. The molecule has 2 N–H and O–H groups in total. The van der Waals surface area contributed by atoms with Gasteiger partial charge in [0.15, 0.2) is 11.6 Å². The Morgan fingerprint density at radius 2 is 1.93 bits per heavy atom. The number of ether oxygens (including phenoxy) is 1. The van der Waals surface area contributed by atoms with Gasteiger partial charge in [-0.25, -0.2) is 4.68 Å². The maximum Gasteiger partial charge on any atom is 0.303 e. The molecule has 164 valence electrons. The number of phenols is 1. The zero-order valence-electron chi connectivity index (χ0n) is 17.6. The van der Waals surface area contributed by atoms with Crippen molar-refractivity contribution in [1.82, 2.24) is 20.2 Å². The normalized spacial score (nSPS) is 10.9. The molecule has 0 saturated heterocycles. The molecule has 1 heterocycles. The van der Waals surface area contributed by atoms with Gasteiger partial charge < -0.3 is 14.9 Å². The van der Waals surface area contributed by atoms with Crippen molar-refractivity contribution in [1.29, 1.82) is 0 Å². The number of carbonyl (C=O) groups is 2. The minimum absolute atomic E-state index is 0.0175. The number of carboxylic acids is 1. The summed E-state index contributed by atoms with van der Waals surface area (Å²) in [4.78, 5) is 22.2. The molecule has 0 saturated carbocycles. The number of tetrazole rings is 1. The molecule has 0 amide bonds. The summed E-state index contributed by atoms with van der Waals surface area (Å²) in [5.74, 6) is 0.447. The van der Waals surface area contributed by atoms with Gasteiger partial charge in [-0.2, -0.15) is 0 Å². The van der Waals surface area contributed by atoms with Crippen LogP contribution in [0.3, 0.4) is 0 Å². The van der Waals surface area contributed by atoms with Crippen LogP contribution in [0.15, 0.2) is 12.1 Å². The molecule has 9 nitrogen and oxygen atoms in total. The Balaban J connectivity index is 1.81. The van der Waals surface area contributed by atoms with Crippen LogP contribution >= 0.6 is 0 Å². The van der Waals surface area contributed by atoms with Crippen LogP contribution in [0.4, 0.5) is 0 Å². The fourth-order valence-electron chi connectivity index (χ4n) is 3.21. The van der Waals surface area contributed by atoms with Crippen LogP contribution < -0.4 is 4.74 Å². The van der Waals surface area contributed by atoms with Gasteiger partial charge in [0, 0.05) is 24.9 Å². The van der Waals surface area contributed by atoms with E-state index in [2.05, 4.69) is 15.5 Å². The summed E-state index contributed by atoms with van der Waals surface area (Å²) >= 11 is 0. The van der Waals surface area contributed by atoms with Crippen molar-refractivity contribution >= 4 is 11.8 Å². The summed E-state index contributed by atoms with van der Waals surface area (Å²) in [6.45, 7) is 4.53. The summed E-state index contributed by atoms with van der Waals surface area (Å²) in [5, 5.41) is 30.8. The Labute approximate surface area is 176 Å². The number of unbranched alkanes of at least 4 members (excludes halogenated alkanes) is 2. The zero-order valence-corrected chi connectivity index (χ0v) is 17.6. The van der Waals surface area contributed by atoms with E-state index in [1.807, 2.05) is 6.92 Å². The van der Waals surface area contributed by atoms with Crippen LogP contribution in [-0.4, -0.2) is 48.8 Å². The average molecular weight is 418 g/mol. The van der Waals surface area contributed by atoms with Gasteiger partial charge in [-0.15, -0.1) is 5.10 Å². The number of phenolic OH excluding ortho intramolecular Hbond substituents is 1. The molecule has 2 rings (SSSR count). The van der Waals surface area contributed by atoms with Crippen molar-refractivity contribution in [3.8, 4) is 11.5 Å². The second-order valence-corrected chi connectivity index (χ2v) is 7.22. The Kier molecular flexibility index (Phi) is 9.24. The van der Waals surface area contributed by atoms with Crippen LogP contribution in [0, 0.1) is 0 Å². The standard InChI is InChI=1S/C21H30N4O5/c1-3-8-17-18(12-11-16(15(2)26)21(17)29)30-14-7-5-9-19-22-23-24-25(19)13-6-4-10-20(27)28/h11-12,29H,3-10,13-14H2,1-2H3,(H,27,28). The van der Waals surface area contributed by atoms with Gasteiger partial charge >= 0.3 is 5.97 Å². The summed E-state index contributed by atoms with van der Waals surface area (Å²) < 4.78 is 7.59. The predicted octanol–water partition coefficient (Wildman–Crippen LogP) is 3.19. The van der Waals surface area contributed by atoms with Crippen LogP contribution in [-0.2, 0) is 24.2 Å². The number of aliphatic carboxylic acids is 1. The van der Waals surface area contributed by atoms with Crippen LogP contribution in [0.5, 0.6) is 11.5 Å². The number of benzene rings is 1. The Bertz CT molecular complexity index is 850. The highest BCUT2D eigenvalue weighted by Crippen LogP contribution is 2.33. The first-order valence-corrected chi connectivity index (χ1v) is 10.4. The number of aryl methyl sites for hydroxylation is 2. The van der Waals surface area contributed by atoms with E-state index in [1.165, 1.54) is 6.92 Å². The van der Waals surface area contributed by atoms with Crippen LogP contribution in [0.2, 0.25) is 0 Å². The van der Waals surface area contributed by atoms with Crippen molar-refractivity contribution in [3.63, 3.8) is 0 Å².